The molecule has 5 heteroatoms. The summed E-state index contributed by atoms with van der Waals surface area (Å²) in [4.78, 5) is 9.09. The highest BCUT2D eigenvalue weighted by atomic mass is 16.5. The first-order valence-electron chi connectivity index (χ1n) is 9.94. The minimum Gasteiger partial charge on any atom is -0.507 e. The maximum atomic E-state index is 10.1. The number of aryl methyl sites for hydroxylation is 2. The molecule has 3 aromatic rings. The van der Waals surface area contributed by atoms with Crippen LogP contribution in [0.5, 0.6) is 17.2 Å². The molecule has 2 N–H and O–H groups in total. The Morgan fingerprint density at radius 2 is 1.27 bits per heavy atom. The Kier molecular flexibility index (Phi) is 6.86. The van der Waals surface area contributed by atoms with Gasteiger partial charge >= 0.3 is 0 Å². The van der Waals surface area contributed by atoms with E-state index in [0.29, 0.717) is 28.3 Å². The highest BCUT2D eigenvalue weighted by Gasteiger charge is 2.05. The lowest BCUT2D eigenvalue weighted by Crippen LogP contribution is -1.88. The fourth-order valence-corrected chi connectivity index (χ4v) is 2.98. The molecule has 0 unspecified atom stereocenters. The highest BCUT2D eigenvalue weighted by molar-refractivity contribution is 5.89. The fourth-order valence-electron chi connectivity index (χ4n) is 2.98. The summed E-state index contributed by atoms with van der Waals surface area (Å²) in [5, 5.41) is 20.3. The van der Waals surface area contributed by atoms with Crippen molar-refractivity contribution >= 4 is 23.8 Å². The lowest BCUT2D eigenvalue weighted by Gasteiger charge is -2.06. The summed E-state index contributed by atoms with van der Waals surface area (Å²) in [5.41, 5.74) is 4.74. The van der Waals surface area contributed by atoms with Crippen molar-refractivity contribution in [2.45, 2.75) is 26.7 Å². The molecule has 0 spiro atoms. The summed E-state index contributed by atoms with van der Waals surface area (Å²) >= 11 is 0. The number of hydrogen-bond acceptors (Lipinski definition) is 5. The third-order valence-electron chi connectivity index (χ3n) is 4.87. The van der Waals surface area contributed by atoms with Crippen LogP contribution in [0.15, 0.2) is 64.6 Å². The van der Waals surface area contributed by atoms with Crippen LogP contribution in [0.2, 0.25) is 0 Å². The minimum atomic E-state index is 0.171. The fraction of sp³-hybridized carbons (Fsp3) is 0.200. The van der Waals surface area contributed by atoms with Gasteiger partial charge in [0.15, 0.2) is 0 Å². The van der Waals surface area contributed by atoms with Crippen LogP contribution >= 0.6 is 0 Å². The molecule has 0 aliphatic rings. The molecule has 3 aromatic carbocycles. The van der Waals surface area contributed by atoms with Crippen LogP contribution in [0.4, 0.5) is 11.4 Å². The van der Waals surface area contributed by atoms with Gasteiger partial charge in [0, 0.05) is 29.6 Å². The molecule has 0 saturated carbocycles. The van der Waals surface area contributed by atoms with Gasteiger partial charge in [-0.3, -0.25) is 9.98 Å². The molecule has 0 aromatic heterocycles. The van der Waals surface area contributed by atoms with E-state index in [0.717, 1.165) is 24.0 Å². The van der Waals surface area contributed by atoms with Gasteiger partial charge in [0.1, 0.15) is 17.2 Å². The first-order chi connectivity index (χ1) is 14.5. The predicted octanol–water partition coefficient (Wildman–Crippen LogP) is 5.73. The minimum absolute atomic E-state index is 0.171. The van der Waals surface area contributed by atoms with Gasteiger partial charge in [0.25, 0.3) is 0 Å². The van der Waals surface area contributed by atoms with Crippen molar-refractivity contribution in [1.82, 2.24) is 0 Å². The van der Waals surface area contributed by atoms with Gasteiger partial charge in [0.05, 0.1) is 18.5 Å². The quantitative estimate of drug-likeness (QED) is 0.496. The second kappa shape index (κ2) is 9.74. The third kappa shape index (κ3) is 5.06. The zero-order chi connectivity index (χ0) is 21.5. The summed E-state index contributed by atoms with van der Waals surface area (Å²) in [6.45, 7) is 4.12. The maximum absolute atomic E-state index is 10.1. The van der Waals surface area contributed by atoms with Crippen LogP contribution < -0.4 is 4.74 Å². The molecule has 154 valence electrons. The molecule has 0 aliphatic heterocycles. The molecule has 0 saturated heterocycles. The van der Waals surface area contributed by atoms with E-state index in [2.05, 4.69) is 23.8 Å². The van der Waals surface area contributed by atoms with E-state index in [1.54, 1.807) is 37.7 Å². The van der Waals surface area contributed by atoms with E-state index >= 15 is 0 Å². The van der Waals surface area contributed by atoms with Crippen LogP contribution in [-0.4, -0.2) is 29.8 Å². The average Bonchev–Trinajstić information content (AvgIpc) is 2.78. The largest absolute Gasteiger partial charge is 0.507 e. The van der Waals surface area contributed by atoms with E-state index in [4.69, 9.17) is 4.74 Å². The van der Waals surface area contributed by atoms with Crippen LogP contribution in [0, 0.1) is 0 Å². The SMILES string of the molecule is CCc1ccc(O)c(C=Nc2ccc(OC)cc2N=Cc2cc(CC)ccc2O)c1. The van der Waals surface area contributed by atoms with Gasteiger partial charge < -0.3 is 14.9 Å². The van der Waals surface area contributed by atoms with Gasteiger partial charge in [-0.05, 0) is 60.4 Å². The van der Waals surface area contributed by atoms with E-state index in [-0.39, 0.29) is 11.5 Å². The zero-order valence-corrected chi connectivity index (χ0v) is 17.5. The van der Waals surface area contributed by atoms with Crippen molar-refractivity contribution in [3.8, 4) is 17.2 Å². The Labute approximate surface area is 177 Å². The van der Waals surface area contributed by atoms with Gasteiger partial charge in [-0.15, -0.1) is 0 Å². The van der Waals surface area contributed by atoms with Crippen molar-refractivity contribution in [2.24, 2.45) is 9.98 Å². The Bertz CT molecular complexity index is 1090. The molecule has 0 amide bonds. The summed E-state index contributed by atoms with van der Waals surface area (Å²) in [6, 6.07) is 16.4. The number of aliphatic imine (C=N–C) groups is 2. The molecule has 0 aliphatic carbocycles. The second-order valence-corrected chi connectivity index (χ2v) is 6.86. The van der Waals surface area contributed by atoms with Gasteiger partial charge in [-0.25, -0.2) is 0 Å². The van der Waals surface area contributed by atoms with Crippen molar-refractivity contribution in [1.29, 1.82) is 0 Å². The lowest BCUT2D eigenvalue weighted by atomic mass is 10.1. The summed E-state index contributed by atoms with van der Waals surface area (Å²) in [7, 11) is 1.59. The smallest absolute Gasteiger partial charge is 0.124 e. The third-order valence-corrected chi connectivity index (χ3v) is 4.87. The molecule has 0 fully saturated rings. The van der Waals surface area contributed by atoms with Crippen LogP contribution in [0.1, 0.15) is 36.1 Å². The predicted molar refractivity (Wildman–Crippen MR) is 122 cm³/mol. The Balaban J connectivity index is 1.97. The molecule has 0 atom stereocenters. The number of aromatic hydroxyl groups is 2. The zero-order valence-electron chi connectivity index (χ0n) is 17.5. The van der Waals surface area contributed by atoms with Crippen LogP contribution in [0.3, 0.4) is 0 Å². The first-order valence-corrected chi connectivity index (χ1v) is 9.94. The molecule has 5 nitrogen and oxygen atoms in total. The molecule has 0 heterocycles. The van der Waals surface area contributed by atoms with Gasteiger partial charge in [0.2, 0.25) is 0 Å². The Morgan fingerprint density at radius 3 is 1.77 bits per heavy atom. The summed E-state index contributed by atoms with van der Waals surface area (Å²) in [5.74, 6) is 1.00. The van der Waals surface area contributed by atoms with Crippen molar-refractivity contribution in [3.05, 3.63) is 76.9 Å². The number of methoxy groups -OCH3 is 1. The maximum Gasteiger partial charge on any atom is 0.124 e. The topological polar surface area (TPSA) is 74.4 Å². The number of rotatable bonds is 7. The van der Waals surface area contributed by atoms with E-state index in [1.807, 2.05) is 36.4 Å². The van der Waals surface area contributed by atoms with Gasteiger partial charge in [-0.2, -0.15) is 0 Å². The Morgan fingerprint density at radius 1 is 0.733 bits per heavy atom. The summed E-state index contributed by atoms with van der Waals surface area (Å²) in [6.07, 6.45) is 5.00. The molecule has 0 bridgehead atoms. The number of hydrogen-bond donors (Lipinski definition) is 2. The first kappa shape index (κ1) is 21.1. The second-order valence-electron chi connectivity index (χ2n) is 6.86. The number of phenolic OH excluding ortho intramolecular Hbond substituents is 2. The summed E-state index contributed by atoms with van der Waals surface area (Å²) < 4.78 is 5.32. The monoisotopic (exact) mass is 402 g/mol. The molecular weight excluding hydrogens is 376 g/mol. The molecular formula is C25H26N2O3. The van der Waals surface area contributed by atoms with E-state index in [1.165, 1.54) is 0 Å². The van der Waals surface area contributed by atoms with Gasteiger partial charge in [-0.1, -0.05) is 26.0 Å². The number of benzene rings is 3. The van der Waals surface area contributed by atoms with Crippen molar-refractivity contribution < 1.29 is 14.9 Å². The molecule has 3 rings (SSSR count). The van der Waals surface area contributed by atoms with E-state index in [9.17, 15) is 10.2 Å². The van der Waals surface area contributed by atoms with Crippen molar-refractivity contribution in [2.75, 3.05) is 7.11 Å². The average molecular weight is 402 g/mol. The standard InChI is InChI=1S/C25H26N2O3/c1-4-17-6-10-24(28)19(12-17)15-26-22-9-8-21(30-3)14-23(22)27-16-20-13-18(5-2)7-11-25(20)29/h6-16,28-29H,4-5H2,1-3H3. The van der Waals surface area contributed by atoms with E-state index < -0.39 is 0 Å². The number of ether oxygens (including phenoxy) is 1. The molecule has 30 heavy (non-hydrogen) atoms. The Hall–Kier alpha value is -3.60. The number of phenols is 2. The molecule has 0 radical (unpaired) electrons. The number of nitrogens with zero attached hydrogens (tertiary/aromatic N) is 2. The highest BCUT2D eigenvalue weighted by Crippen LogP contribution is 2.33. The normalized spacial score (nSPS) is 11.4. The van der Waals surface area contributed by atoms with Crippen molar-refractivity contribution in [3.63, 3.8) is 0 Å². The van der Waals surface area contributed by atoms with Crippen LogP contribution in [-0.2, 0) is 12.8 Å². The van der Waals surface area contributed by atoms with Crippen LogP contribution in [0.25, 0.3) is 0 Å². The lowest BCUT2D eigenvalue weighted by molar-refractivity contribution is 0.415.